The summed E-state index contributed by atoms with van der Waals surface area (Å²) in [5.41, 5.74) is 3.24. The van der Waals surface area contributed by atoms with Crippen molar-refractivity contribution in [3.05, 3.63) is 71.0 Å². The van der Waals surface area contributed by atoms with Crippen LogP contribution in [0.5, 0.6) is 0 Å². The summed E-state index contributed by atoms with van der Waals surface area (Å²) in [7, 11) is 0. The molecule has 0 amide bonds. The van der Waals surface area contributed by atoms with Crippen LogP contribution in [0.1, 0.15) is 22.6 Å². The monoisotopic (exact) mass is 244 g/mol. The molecular formula is C16H17FO. The Kier molecular flexibility index (Phi) is 4.11. The number of aliphatic hydroxyl groups is 1. The zero-order valence-electron chi connectivity index (χ0n) is 10.4. The maximum atomic E-state index is 13.2. The Labute approximate surface area is 107 Å². The Morgan fingerprint density at radius 3 is 2.56 bits per heavy atom. The summed E-state index contributed by atoms with van der Waals surface area (Å²) in [6.07, 6.45) is 0.729. The van der Waals surface area contributed by atoms with Crippen molar-refractivity contribution >= 4 is 0 Å². The summed E-state index contributed by atoms with van der Waals surface area (Å²) >= 11 is 0. The second-order valence-corrected chi connectivity index (χ2v) is 4.57. The van der Waals surface area contributed by atoms with E-state index in [1.165, 1.54) is 23.3 Å². The average molecular weight is 244 g/mol. The van der Waals surface area contributed by atoms with Crippen LogP contribution in [0.4, 0.5) is 4.39 Å². The molecule has 2 rings (SSSR count). The van der Waals surface area contributed by atoms with E-state index < -0.39 is 0 Å². The molecular weight excluding hydrogens is 227 g/mol. The van der Waals surface area contributed by atoms with E-state index in [4.69, 9.17) is 0 Å². The van der Waals surface area contributed by atoms with Gasteiger partial charge < -0.3 is 5.11 Å². The van der Waals surface area contributed by atoms with Crippen molar-refractivity contribution in [2.45, 2.75) is 19.3 Å². The van der Waals surface area contributed by atoms with Gasteiger partial charge in [-0.1, -0.05) is 36.4 Å². The first-order valence-corrected chi connectivity index (χ1v) is 6.11. The van der Waals surface area contributed by atoms with Gasteiger partial charge in [-0.25, -0.2) is 4.39 Å². The molecule has 0 radical (unpaired) electrons. The summed E-state index contributed by atoms with van der Waals surface area (Å²) in [6, 6.07) is 14.6. The van der Waals surface area contributed by atoms with Crippen LogP contribution in [0, 0.1) is 12.7 Å². The Morgan fingerprint density at radius 2 is 1.89 bits per heavy atom. The van der Waals surface area contributed by atoms with Gasteiger partial charge in [0.1, 0.15) is 5.82 Å². The van der Waals surface area contributed by atoms with E-state index in [1.807, 2.05) is 18.2 Å². The minimum Gasteiger partial charge on any atom is -0.396 e. The number of halogens is 1. The van der Waals surface area contributed by atoms with Gasteiger partial charge >= 0.3 is 0 Å². The molecule has 0 aromatic heterocycles. The highest BCUT2D eigenvalue weighted by atomic mass is 19.1. The second-order valence-electron chi connectivity index (χ2n) is 4.57. The highest BCUT2D eigenvalue weighted by Crippen LogP contribution is 2.22. The summed E-state index contributed by atoms with van der Waals surface area (Å²) in [6.45, 7) is 2.08. The summed E-state index contributed by atoms with van der Waals surface area (Å²) in [4.78, 5) is 0. The minimum atomic E-state index is -0.254. The number of rotatable bonds is 4. The van der Waals surface area contributed by atoms with E-state index in [9.17, 15) is 9.50 Å². The van der Waals surface area contributed by atoms with Crippen molar-refractivity contribution in [3.8, 4) is 0 Å². The molecule has 2 aromatic carbocycles. The van der Waals surface area contributed by atoms with Crippen LogP contribution >= 0.6 is 0 Å². The molecule has 0 saturated heterocycles. The Bertz CT molecular complexity index is 522. The van der Waals surface area contributed by atoms with Crippen molar-refractivity contribution in [3.63, 3.8) is 0 Å². The van der Waals surface area contributed by atoms with Gasteiger partial charge in [0.05, 0.1) is 6.61 Å². The lowest BCUT2D eigenvalue weighted by Crippen LogP contribution is -2.09. The maximum Gasteiger partial charge on any atom is 0.123 e. The third-order valence-corrected chi connectivity index (χ3v) is 3.27. The number of benzene rings is 2. The molecule has 1 unspecified atom stereocenters. The predicted molar refractivity (Wildman–Crippen MR) is 71.1 cm³/mol. The molecule has 2 aromatic rings. The van der Waals surface area contributed by atoms with E-state index in [-0.39, 0.29) is 18.3 Å². The van der Waals surface area contributed by atoms with Crippen molar-refractivity contribution in [1.29, 1.82) is 0 Å². The Balaban J connectivity index is 2.23. The van der Waals surface area contributed by atoms with Gasteiger partial charge in [0.2, 0.25) is 0 Å². The Hall–Kier alpha value is -1.67. The lowest BCUT2D eigenvalue weighted by Gasteiger charge is -2.16. The topological polar surface area (TPSA) is 20.2 Å². The molecule has 0 fully saturated rings. The fraction of sp³-hybridized carbons (Fsp3) is 0.250. The van der Waals surface area contributed by atoms with Crippen LogP contribution in [-0.2, 0) is 6.42 Å². The van der Waals surface area contributed by atoms with E-state index in [0.717, 1.165) is 12.0 Å². The largest absolute Gasteiger partial charge is 0.396 e. The zero-order valence-corrected chi connectivity index (χ0v) is 10.4. The van der Waals surface area contributed by atoms with Crippen molar-refractivity contribution in [2.75, 3.05) is 6.61 Å². The number of hydrogen-bond donors (Lipinski definition) is 1. The summed E-state index contributed by atoms with van der Waals surface area (Å²) < 4.78 is 13.2. The van der Waals surface area contributed by atoms with E-state index in [1.54, 1.807) is 6.07 Å². The molecule has 1 atom stereocenters. The van der Waals surface area contributed by atoms with Gasteiger partial charge in [-0.05, 0) is 42.2 Å². The fourth-order valence-electron chi connectivity index (χ4n) is 2.15. The van der Waals surface area contributed by atoms with Crippen molar-refractivity contribution in [2.24, 2.45) is 0 Å². The maximum absolute atomic E-state index is 13.2. The lowest BCUT2D eigenvalue weighted by molar-refractivity contribution is 0.264. The molecule has 0 spiro atoms. The van der Waals surface area contributed by atoms with Crippen LogP contribution in [0.2, 0.25) is 0 Å². The van der Waals surface area contributed by atoms with Crippen LogP contribution in [0.25, 0.3) is 0 Å². The third-order valence-electron chi connectivity index (χ3n) is 3.27. The van der Waals surface area contributed by atoms with E-state index in [0.29, 0.717) is 0 Å². The molecule has 0 heterocycles. The fourth-order valence-corrected chi connectivity index (χ4v) is 2.15. The van der Waals surface area contributed by atoms with E-state index in [2.05, 4.69) is 19.1 Å². The van der Waals surface area contributed by atoms with Gasteiger partial charge in [-0.3, -0.25) is 0 Å². The first-order chi connectivity index (χ1) is 8.70. The molecule has 18 heavy (non-hydrogen) atoms. The van der Waals surface area contributed by atoms with Crippen molar-refractivity contribution in [1.82, 2.24) is 0 Å². The number of aliphatic hydroxyl groups excluding tert-OH is 1. The quantitative estimate of drug-likeness (QED) is 0.873. The lowest BCUT2D eigenvalue weighted by atomic mass is 9.91. The molecule has 0 aliphatic rings. The second kappa shape index (κ2) is 5.78. The van der Waals surface area contributed by atoms with Gasteiger partial charge in [0.25, 0.3) is 0 Å². The first kappa shape index (κ1) is 12.8. The Morgan fingerprint density at radius 1 is 1.11 bits per heavy atom. The summed E-state index contributed by atoms with van der Waals surface area (Å²) in [5, 5.41) is 9.50. The standard InChI is InChI=1S/C16H17FO/c1-12-5-2-3-6-13(12)9-15(11-18)14-7-4-8-16(17)10-14/h2-8,10,15,18H,9,11H2,1H3. The van der Waals surface area contributed by atoms with Crippen molar-refractivity contribution < 1.29 is 9.50 Å². The molecule has 0 aliphatic heterocycles. The van der Waals surface area contributed by atoms with Crippen LogP contribution in [0.15, 0.2) is 48.5 Å². The average Bonchev–Trinajstić information content (AvgIpc) is 2.38. The van der Waals surface area contributed by atoms with Gasteiger partial charge in [0, 0.05) is 5.92 Å². The molecule has 0 saturated carbocycles. The summed E-state index contributed by atoms with van der Waals surface area (Å²) in [5.74, 6) is -0.308. The predicted octanol–water partition coefficient (Wildman–Crippen LogP) is 3.45. The van der Waals surface area contributed by atoms with Gasteiger partial charge in [-0.2, -0.15) is 0 Å². The van der Waals surface area contributed by atoms with Gasteiger partial charge in [0.15, 0.2) is 0 Å². The first-order valence-electron chi connectivity index (χ1n) is 6.11. The highest BCUT2D eigenvalue weighted by Gasteiger charge is 2.13. The smallest absolute Gasteiger partial charge is 0.123 e. The SMILES string of the molecule is Cc1ccccc1CC(CO)c1cccc(F)c1. The molecule has 1 N–H and O–H groups in total. The molecule has 0 aliphatic carbocycles. The highest BCUT2D eigenvalue weighted by molar-refractivity contribution is 5.29. The minimum absolute atomic E-state index is 0.0256. The van der Waals surface area contributed by atoms with Crippen LogP contribution < -0.4 is 0 Å². The molecule has 0 bridgehead atoms. The number of aryl methyl sites for hydroxylation is 1. The third kappa shape index (κ3) is 2.96. The molecule has 1 nitrogen and oxygen atoms in total. The molecule has 2 heteroatoms. The van der Waals surface area contributed by atoms with E-state index >= 15 is 0 Å². The zero-order chi connectivity index (χ0) is 13.0. The van der Waals surface area contributed by atoms with Gasteiger partial charge in [-0.15, -0.1) is 0 Å². The van der Waals surface area contributed by atoms with Crippen LogP contribution in [0.3, 0.4) is 0 Å². The molecule has 94 valence electrons. The van der Waals surface area contributed by atoms with Crippen LogP contribution in [-0.4, -0.2) is 11.7 Å². The number of hydrogen-bond acceptors (Lipinski definition) is 1. The normalized spacial score (nSPS) is 12.4.